The van der Waals surface area contributed by atoms with E-state index in [4.69, 9.17) is 10.2 Å². The SMILES string of the molecule is Cc1ccccc1CNc1nc2cc(N)ccc2o1. The Hall–Kier alpha value is -2.49. The Balaban J connectivity index is 1.80. The van der Waals surface area contributed by atoms with E-state index in [0.717, 1.165) is 11.1 Å². The summed E-state index contributed by atoms with van der Waals surface area (Å²) in [5.74, 6) is 0. The molecule has 19 heavy (non-hydrogen) atoms. The van der Waals surface area contributed by atoms with Gasteiger partial charge in [-0.25, -0.2) is 0 Å². The molecule has 96 valence electrons. The molecule has 1 heterocycles. The third kappa shape index (κ3) is 2.38. The van der Waals surface area contributed by atoms with Gasteiger partial charge < -0.3 is 15.5 Å². The van der Waals surface area contributed by atoms with Gasteiger partial charge in [0.2, 0.25) is 0 Å². The first-order valence-electron chi connectivity index (χ1n) is 6.17. The highest BCUT2D eigenvalue weighted by molar-refractivity contribution is 5.78. The Kier molecular flexibility index (Phi) is 2.83. The second-order valence-corrected chi connectivity index (χ2v) is 4.53. The zero-order valence-electron chi connectivity index (χ0n) is 10.7. The Morgan fingerprint density at radius 2 is 2.05 bits per heavy atom. The Labute approximate surface area is 111 Å². The summed E-state index contributed by atoms with van der Waals surface area (Å²) in [6.45, 7) is 2.78. The smallest absolute Gasteiger partial charge is 0.295 e. The fourth-order valence-electron chi connectivity index (χ4n) is 2.00. The monoisotopic (exact) mass is 253 g/mol. The quantitative estimate of drug-likeness (QED) is 0.703. The number of aryl methyl sites for hydroxylation is 1. The third-order valence-corrected chi connectivity index (χ3v) is 3.10. The van der Waals surface area contributed by atoms with Gasteiger partial charge in [-0.3, -0.25) is 0 Å². The van der Waals surface area contributed by atoms with Gasteiger partial charge in [-0.1, -0.05) is 24.3 Å². The molecule has 0 unspecified atom stereocenters. The minimum atomic E-state index is 0.517. The van der Waals surface area contributed by atoms with Crippen molar-refractivity contribution in [3.63, 3.8) is 0 Å². The molecular weight excluding hydrogens is 238 g/mol. The maximum Gasteiger partial charge on any atom is 0.295 e. The van der Waals surface area contributed by atoms with E-state index in [1.807, 2.05) is 18.2 Å². The molecule has 0 aliphatic rings. The van der Waals surface area contributed by atoms with Crippen LogP contribution in [0, 0.1) is 6.92 Å². The fourth-order valence-corrected chi connectivity index (χ4v) is 2.00. The number of anilines is 2. The Bertz CT molecular complexity index is 718. The number of hydrogen-bond acceptors (Lipinski definition) is 4. The molecule has 2 aromatic carbocycles. The van der Waals surface area contributed by atoms with Crippen molar-refractivity contribution in [2.45, 2.75) is 13.5 Å². The lowest BCUT2D eigenvalue weighted by molar-refractivity contribution is 0.614. The molecular formula is C15H15N3O. The van der Waals surface area contributed by atoms with Gasteiger partial charge in [0.1, 0.15) is 5.52 Å². The highest BCUT2D eigenvalue weighted by Crippen LogP contribution is 2.21. The maximum atomic E-state index is 5.72. The van der Waals surface area contributed by atoms with Crippen LogP contribution < -0.4 is 11.1 Å². The first-order chi connectivity index (χ1) is 9.22. The first kappa shape index (κ1) is 11.6. The van der Waals surface area contributed by atoms with E-state index in [9.17, 15) is 0 Å². The summed E-state index contributed by atoms with van der Waals surface area (Å²) >= 11 is 0. The standard InChI is InChI=1S/C15H15N3O/c1-10-4-2-3-5-11(10)9-17-15-18-13-8-12(16)6-7-14(13)19-15/h2-8H,9,16H2,1H3,(H,17,18). The van der Waals surface area contributed by atoms with Crippen LogP contribution in [0.1, 0.15) is 11.1 Å². The summed E-state index contributed by atoms with van der Waals surface area (Å²) in [6.07, 6.45) is 0. The van der Waals surface area contributed by atoms with Crippen molar-refractivity contribution in [1.82, 2.24) is 4.98 Å². The molecule has 0 aliphatic carbocycles. The van der Waals surface area contributed by atoms with Crippen LogP contribution in [0.4, 0.5) is 11.7 Å². The lowest BCUT2D eigenvalue weighted by atomic mass is 10.1. The second-order valence-electron chi connectivity index (χ2n) is 4.53. The summed E-state index contributed by atoms with van der Waals surface area (Å²) < 4.78 is 5.61. The molecule has 0 spiro atoms. The number of rotatable bonds is 3. The van der Waals surface area contributed by atoms with Crippen molar-refractivity contribution in [2.24, 2.45) is 0 Å². The van der Waals surface area contributed by atoms with Gasteiger partial charge >= 0.3 is 0 Å². The zero-order chi connectivity index (χ0) is 13.2. The van der Waals surface area contributed by atoms with Crippen molar-refractivity contribution >= 4 is 22.8 Å². The largest absolute Gasteiger partial charge is 0.424 e. The van der Waals surface area contributed by atoms with Crippen LogP contribution in [-0.2, 0) is 6.54 Å². The normalized spacial score (nSPS) is 10.8. The molecule has 3 N–H and O–H groups in total. The highest BCUT2D eigenvalue weighted by atomic mass is 16.4. The number of benzene rings is 2. The number of nitrogen functional groups attached to an aromatic ring is 1. The zero-order valence-corrected chi connectivity index (χ0v) is 10.7. The van der Waals surface area contributed by atoms with E-state index in [0.29, 0.717) is 18.2 Å². The fraction of sp³-hybridized carbons (Fsp3) is 0.133. The number of nitrogens with zero attached hydrogens (tertiary/aromatic N) is 1. The number of aromatic nitrogens is 1. The van der Waals surface area contributed by atoms with Gasteiger partial charge in [0.25, 0.3) is 6.01 Å². The first-order valence-corrected chi connectivity index (χ1v) is 6.17. The molecule has 0 radical (unpaired) electrons. The van der Waals surface area contributed by atoms with Crippen LogP contribution in [0.25, 0.3) is 11.1 Å². The van der Waals surface area contributed by atoms with Crippen molar-refractivity contribution < 1.29 is 4.42 Å². The van der Waals surface area contributed by atoms with Crippen molar-refractivity contribution in [1.29, 1.82) is 0 Å². The molecule has 0 bridgehead atoms. The summed E-state index contributed by atoms with van der Waals surface area (Å²) in [5.41, 5.74) is 10.4. The van der Waals surface area contributed by atoms with E-state index in [-0.39, 0.29) is 0 Å². The second kappa shape index (κ2) is 4.65. The van der Waals surface area contributed by atoms with Crippen LogP contribution in [0.5, 0.6) is 0 Å². The predicted molar refractivity (Wildman–Crippen MR) is 76.9 cm³/mol. The molecule has 3 aromatic rings. The van der Waals surface area contributed by atoms with E-state index < -0.39 is 0 Å². The molecule has 0 saturated carbocycles. The number of fused-ring (bicyclic) bond motifs is 1. The molecule has 0 fully saturated rings. The Morgan fingerprint density at radius 3 is 2.89 bits per heavy atom. The van der Waals surface area contributed by atoms with Gasteiger partial charge in [-0.15, -0.1) is 0 Å². The Morgan fingerprint density at radius 1 is 1.21 bits per heavy atom. The van der Waals surface area contributed by atoms with Crippen LogP contribution in [0.15, 0.2) is 46.9 Å². The van der Waals surface area contributed by atoms with Gasteiger partial charge in [-0.05, 0) is 36.2 Å². The van der Waals surface area contributed by atoms with Crippen molar-refractivity contribution in [3.8, 4) is 0 Å². The summed E-state index contributed by atoms with van der Waals surface area (Å²) in [4.78, 5) is 4.36. The van der Waals surface area contributed by atoms with Crippen LogP contribution in [0.2, 0.25) is 0 Å². The number of nitrogens with two attached hydrogens (primary N) is 1. The lowest BCUT2D eigenvalue weighted by Crippen LogP contribution is -2.00. The van der Waals surface area contributed by atoms with Crippen LogP contribution >= 0.6 is 0 Å². The van der Waals surface area contributed by atoms with Gasteiger partial charge in [0.15, 0.2) is 5.58 Å². The summed E-state index contributed by atoms with van der Waals surface area (Å²) in [7, 11) is 0. The summed E-state index contributed by atoms with van der Waals surface area (Å²) in [5, 5.41) is 3.19. The predicted octanol–water partition coefficient (Wildman–Crippen LogP) is 3.33. The average Bonchev–Trinajstić information content (AvgIpc) is 2.79. The summed E-state index contributed by atoms with van der Waals surface area (Å²) in [6, 6.07) is 14.2. The van der Waals surface area contributed by atoms with Crippen LogP contribution in [-0.4, -0.2) is 4.98 Å². The number of oxazole rings is 1. The van der Waals surface area contributed by atoms with E-state index in [1.54, 1.807) is 12.1 Å². The van der Waals surface area contributed by atoms with E-state index >= 15 is 0 Å². The molecule has 4 nitrogen and oxygen atoms in total. The minimum Gasteiger partial charge on any atom is -0.424 e. The third-order valence-electron chi connectivity index (χ3n) is 3.10. The van der Waals surface area contributed by atoms with Crippen molar-refractivity contribution in [2.75, 3.05) is 11.1 Å². The molecule has 0 amide bonds. The maximum absolute atomic E-state index is 5.72. The van der Waals surface area contributed by atoms with Gasteiger partial charge in [0.05, 0.1) is 0 Å². The molecule has 0 saturated heterocycles. The van der Waals surface area contributed by atoms with Crippen LogP contribution in [0.3, 0.4) is 0 Å². The van der Waals surface area contributed by atoms with Crippen molar-refractivity contribution in [3.05, 3.63) is 53.6 Å². The topological polar surface area (TPSA) is 64.1 Å². The average molecular weight is 253 g/mol. The number of nitrogens with one attached hydrogen (secondary N) is 1. The highest BCUT2D eigenvalue weighted by Gasteiger charge is 2.06. The van der Waals surface area contributed by atoms with E-state index in [1.165, 1.54) is 11.1 Å². The molecule has 4 heteroatoms. The van der Waals surface area contributed by atoms with E-state index in [2.05, 4.69) is 29.4 Å². The molecule has 3 rings (SSSR count). The molecule has 0 aliphatic heterocycles. The number of hydrogen-bond donors (Lipinski definition) is 2. The van der Waals surface area contributed by atoms with Gasteiger partial charge in [-0.2, -0.15) is 4.98 Å². The molecule has 0 atom stereocenters. The molecule has 1 aromatic heterocycles. The van der Waals surface area contributed by atoms with Gasteiger partial charge in [0, 0.05) is 12.2 Å². The lowest BCUT2D eigenvalue weighted by Gasteiger charge is -2.04. The minimum absolute atomic E-state index is 0.517.